The Morgan fingerprint density at radius 3 is 2.58 bits per heavy atom. The second-order valence-electron chi connectivity index (χ2n) is 6.79. The van der Waals surface area contributed by atoms with E-state index < -0.39 is 0 Å². The van der Waals surface area contributed by atoms with Gasteiger partial charge >= 0.3 is 0 Å². The normalized spacial score (nSPS) is 15.7. The maximum absolute atomic E-state index is 13.1. The van der Waals surface area contributed by atoms with Gasteiger partial charge < -0.3 is 9.80 Å². The molecule has 136 valence electrons. The number of fused-ring (bicyclic) bond motifs is 1. The molecule has 1 aliphatic rings. The van der Waals surface area contributed by atoms with Crippen molar-refractivity contribution in [3.63, 3.8) is 0 Å². The Hall–Kier alpha value is -2.25. The minimum absolute atomic E-state index is 0.104. The smallest absolute Gasteiger partial charge is 0.264 e. The zero-order valence-electron chi connectivity index (χ0n) is 14.9. The summed E-state index contributed by atoms with van der Waals surface area (Å²) in [6.07, 6.45) is 0. The first-order valence-corrected chi connectivity index (χ1v) is 9.52. The van der Waals surface area contributed by atoms with E-state index in [1.807, 2.05) is 22.6 Å². The van der Waals surface area contributed by atoms with Gasteiger partial charge in [-0.3, -0.25) is 9.48 Å². The molecule has 1 fully saturated rings. The summed E-state index contributed by atoms with van der Waals surface area (Å²) < 4.78 is 15.0. The molecule has 0 radical (unpaired) electrons. The minimum Gasteiger partial charge on any atom is -0.335 e. The summed E-state index contributed by atoms with van der Waals surface area (Å²) in [5, 5.41) is 5.61. The molecule has 1 amide bonds. The van der Waals surface area contributed by atoms with Crippen molar-refractivity contribution in [1.82, 2.24) is 19.6 Å². The Kier molecular flexibility index (Phi) is 4.50. The Bertz CT molecular complexity index is 939. The van der Waals surface area contributed by atoms with Crippen LogP contribution in [0.15, 0.2) is 30.3 Å². The predicted octanol–water partition coefficient (Wildman–Crippen LogP) is 2.98. The Balaban J connectivity index is 1.61. The molecular formula is C19H21FN4OS. The lowest BCUT2D eigenvalue weighted by atomic mass is 10.2. The Morgan fingerprint density at radius 1 is 1.19 bits per heavy atom. The number of thiophene rings is 1. The van der Waals surface area contributed by atoms with Crippen molar-refractivity contribution in [2.45, 2.75) is 13.5 Å². The number of hydrogen-bond acceptors (Lipinski definition) is 4. The van der Waals surface area contributed by atoms with Crippen molar-refractivity contribution in [3.8, 4) is 0 Å². The molecule has 3 aromatic rings. The van der Waals surface area contributed by atoms with Crippen LogP contribution in [0.2, 0.25) is 0 Å². The standard InChI is InChI=1S/C19H21FN4OS/c1-13-16-11-17(18(25)23-9-7-22(2)8-10-23)26-19(16)24(21-13)12-14-3-5-15(20)6-4-14/h3-6,11H,7-10,12H2,1-2H3. The van der Waals surface area contributed by atoms with Crippen molar-refractivity contribution >= 4 is 27.5 Å². The van der Waals surface area contributed by atoms with E-state index in [0.29, 0.717) is 6.54 Å². The minimum atomic E-state index is -0.244. The highest BCUT2D eigenvalue weighted by Gasteiger charge is 2.23. The van der Waals surface area contributed by atoms with Gasteiger partial charge in [-0.25, -0.2) is 4.39 Å². The lowest BCUT2D eigenvalue weighted by Crippen LogP contribution is -2.46. The maximum atomic E-state index is 13.1. The summed E-state index contributed by atoms with van der Waals surface area (Å²) in [5.74, 6) is -0.140. The quantitative estimate of drug-likeness (QED) is 0.710. The second kappa shape index (κ2) is 6.81. The molecule has 2 aromatic heterocycles. The van der Waals surface area contributed by atoms with E-state index in [0.717, 1.165) is 52.5 Å². The fourth-order valence-electron chi connectivity index (χ4n) is 3.25. The summed E-state index contributed by atoms with van der Waals surface area (Å²) in [7, 11) is 2.08. The molecule has 1 saturated heterocycles. The van der Waals surface area contributed by atoms with Crippen LogP contribution >= 0.6 is 11.3 Å². The molecule has 1 aliphatic heterocycles. The average molecular weight is 372 g/mol. The van der Waals surface area contributed by atoms with Crippen LogP contribution in [-0.2, 0) is 6.54 Å². The number of aromatic nitrogens is 2. The number of carbonyl (C=O) groups excluding carboxylic acids is 1. The van der Waals surface area contributed by atoms with Crippen LogP contribution in [0.25, 0.3) is 10.2 Å². The number of amides is 1. The first-order chi connectivity index (χ1) is 12.5. The van der Waals surface area contributed by atoms with Crippen molar-refractivity contribution < 1.29 is 9.18 Å². The van der Waals surface area contributed by atoms with Crippen molar-refractivity contribution in [1.29, 1.82) is 0 Å². The largest absolute Gasteiger partial charge is 0.335 e. The van der Waals surface area contributed by atoms with Crippen LogP contribution in [-0.4, -0.2) is 58.7 Å². The van der Waals surface area contributed by atoms with Gasteiger partial charge in [-0.1, -0.05) is 12.1 Å². The number of nitrogens with zero attached hydrogens (tertiary/aromatic N) is 4. The molecule has 4 rings (SSSR count). The van der Waals surface area contributed by atoms with Crippen LogP contribution in [0, 0.1) is 12.7 Å². The summed E-state index contributed by atoms with van der Waals surface area (Å²) in [5.41, 5.74) is 1.90. The SMILES string of the molecule is Cc1nn(Cc2ccc(F)cc2)c2sc(C(=O)N3CCN(C)CC3)cc12. The van der Waals surface area contributed by atoms with Crippen LogP contribution in [0.4, 0.5) is 4.39 Å². The summed E-state index contributed by atoms with van der Waals surface area (Å²) >= 11 is 1.49. The van der Waals surface area contributed by atoms with E-state index in [9.17, 15) is 9.18 Å². The molecule has 0 saturated carbocycles. The molecule has 0 unspecified atom stereocenters. The molecule has 3 heterocycles. The average Bonchev–Trinajstić information content (AvgIpc) is 3.19. The molecule has 5 nitrogen and oxygen atoms in total. The monoisotopic (exact) mass is 372 g/mol. The molecule has 0 atom stereocenters. The van der Waals surface area contributed by atoms with E-state index in [1.54, 1.807) is 12.1 Å². The Labute approximate surface area is 155 Å². The zero-order valence-corrected chi connectivity index (χ0v) is 15.7. The highest BCUT2D eigenvalue weighted by atomic mass is 32.1. The highest BCUT2D eigenvalue weighted by molar-refractivity contribution is 7.20. The number of carbonyl (C=O) groups is 1. The van der Waals surface area contributed by atoms with E-state index >= 15 is 0 Å². The van der Waals surface area contributed by atoms with Gasteiger partial charge in [-0.15, -0.1) is 11.3 Å². The second-order valence-corrected chi connectivity index (χ2v) is 7.83. The molecule has 0 aliphatic carbocycles. The van der Waals surface area contributed by atoms with Gasteiger partial charge in [0.05, 0.1) is 17.1 Å². The molecule has 1 aromatic carbocycles. The lowest BCUT2D eigenvalue weighted by molar-refractivity contribution is 0.0669. The van der Waals surface area contributed by atoms with Gasteiger partial charge in [0.25, 0.3) is 5.91 Å². The van der Waals surface area contributed by atoms with Crippen LogP contribution < -0.4 is 0 Å². The van der Waals surface area contributed by atoms with Crippen molar-refractivity contribution in [2.75, 3.05) is 33.2 Å². The number of benzene rings is 1. The van der Waals surface area contributed by atoms with Gasteiger partial charge in [-0.05, 0) is 37.7 Å². The predicted molar refractivity (Wildman–Crippen MR) is 101 cm³/mol. The van der Waals surface area contributed by atoms with E-state index in [4.69, 9.17) is 0 Å². The number of halogens is 1. The number of likely N-dealkylation sites (N-methyl/N-ethyl adjacent to an activating group) is 1. The van der Waals surface area contributed by atoms with Crippen LogP contribution in [0.3, 0.4) is 0 Å². The maximum Gasteiger partial charge on any atom is 0.264 e. The number of rotatable bonds is 3. The van der Waals surface area contributed by atoms with Crippen molar-refractivity contribution in [3.05, 3.63) is 52.3 Å². The molecule has 26 heavy (non-hydrogen) atoms. The van der Waals surface area contributed by atoms with E-state index in [1.165, 1.54) is 23.5 Å². The van der Waals surface area contributed by atoms with Crippen LogP contribution in [0.5, 0.6) is 0 Å². The molecule has 0 N–H and O–H groups in total. The number of aryl methyl sites for hydroxylation is 1. The molecule has 0 spiro atoms. The zero-order chi connectivity index (χ0) is 18.3. The first-order valence-electron chi connectivity index (χ1n) is 8.70. The third-order valence-corrected chi connectivity index (χ3v) is 5.99. The topological polar surface area (TPSA) is 41.4 Å². The summed E-state index contributed by atoms with van der Waals surface area (Å²) in [6.45, 7) is 5.88. The lowest BCUT2D eigenvalue weighted by Gasteiger charge is -2.32. The van der Waals surface area contributed by atoms with Gasteiger partial charge in [0.1, 0.15) is 10.6 Å². The number of piperazine rings is 1. The number of hydrogen-bond donors (Lipinski definition) is 0. The highest BCUT2D eigenvalue weighted by Crippen LogP contribution is 2.30. The Morgan fingerprint density at radius 2 is 1.88 bits per heavy atom. The summed E-state index contributed by atoms with van der Waals surface area (Å²) in [4.78, 5) is 18.8. The molecule has 0 bridgehead atoms. The first kappa shape index (κ1) is 17.2. The third-order valence-electron chi connectivity index (χ3n) is 4.85. The summed E-state index contributed by atoms with van der Waals surface area (Å²) in [6, 6.07) is 8.41. The van der Waals surface area contributed by atoms with E-state index in [2.05, 4.69) is 17.0 Å². The molecular weight excluding hydrogens is 351 g/mol. The van der Waals surface area contributed by atoms with E-state index in [-0.39, 0.29) is 11.7 Å². The third kappa shape index (κ3) is 3.24. The fraction of sp³-hybridized carbons (Fsp3) is 0.368. The van der Waals surface area contributed by atoms with Gasteiger partial charge in [0.15, 0.2) is 0 Å². The fourth-order valence-corrected chi connectivity index (χ4v) is 4.38. The molecule has 7 heteroatoms. The van der Waals surface area contributed by atoms with Gasteiger partial charge in [-0.2, -0.15) is 5.10 Å². The van der Waals surface area contributed by atoms with Crippen LogP contribution in [0.1, 0.15) is 20.9 Å². The van der Waals surface area contributed by atoms with Crippen molar-refractivity contribution in [2.24, 2.45) is 0 Å². The van der Waals surface area contributed by atoms with Gasteiger partial charge in [0, 0.05) is 31.6 Å². The van der Waals surface area contributed by atoms with Gasteiger partial charge in [0.2, 0.25) is 0 Å².